The Kier molecular flexibility index (Phi) is 4.00. The maximum Gasteiger partial charge on any atom is 0.319 e. The number of hydrogen-bond acceptors (Lipinski definition) is 3. The lowest BCUT2D eigenvalue weighted by molar-refractivity contribution is 0.239. The van der Waals surface area contributed by atoms with Crippen LogP contribution in [-0.4, -0.2) is 26.8 Å². The predicted molar refractivity (Wildman–Crippen MR) is 86.8 cm³/mol. The highest BCUT2D eigenvalue weighted by molar-refractivity contribution is 5.92. The van der Waals surface area contributed by atoms with Gasteiger partial charge in [0.05, 0.1) is 17.6 Å². The molecule has 6 nitrogen and oxygen atoms in total. The van der Waals surface area contributed by atoms with E-state index in [2.05, 4.69) is 27.6 Å². The van der Waals surface area contributed by atoms with Gasteiger partial charge >= 0.3 is 6.03 Å². The summed E-state index contributed by atoms with van der Waals surface area (Å²) in [6.07, 6.45) is 6.17. The molecule has 2 aromatic heterocycles. The number of hydrogen-bond donors (Lipinski definition) is 2. The number of amides is 2. The average molecular weight is 301 g/mol. The van der Waals surface area contributed by atoms with Crippen molar-refractivity contribution in [2.75, 3.05) is 5.32 Å². The molecule has 0 radical (unpaired) electrons. The average Bonchev–Trinajstić information content (AvgIpc) is 2.76. The van der Waals surface area contributed by atoms with E-state index in [0.717, 1.165) is 35.5 Å². The summed E-state index contributed by atoms with van der Waals surface area (Å²) in [4.78, 5) is 16.5. The number of pyridine rings is 1. The van der Waals surface area contributed by atoms with Gasteiger partial charge in [-0.15, -0.1) is 0 Å². The third kappa shape index (κ3) is 3.05. The molecule has 0 atom stereocenters. The maximum atomic E-state index is 12.1. The summed E-state index contributed by atoms with van der Waals surface area (Å²) in [5, 5.41) is 11.2. The van der Waals surface area contributed by atoms with Crippen LogP contribution in [0.5, 0.6) is 0 Å². The molecule has 2 amide bonds. The highest BCUT2D eigenvalue weighted by atomic mass is 16.2. The van der Waals surface area contributed by atoms with Crippen LogP contribution in [0.1, 0.15) is 38.3 Å². The monoisotopic (exact) mass is 301 g/mol. The van der Waals surface area contributed by atoms with Crippen LogP contribution in [0.2, 0.25) is 0 Å². The van der Waals surface area contributed by atoms with E-state index in [4.69, 9.17) is 0 Å². The van der Waals surface area contributed by atoms with E-state index in [0.29, 0.717) is 5.69 Å². The molecule has 1 saturated carbocycles. The summed E-state index contributed by atoms with van der Waals surface area (Å²) in [5.74, 6) is 0.779. The smallest absolute Gasteiger partial charge is 0.319 e. The molecule has 118 valence electrons. The van der Waals surface area contributed by atoms with Crippen molar-refractivity contribution in [1.29, 1.82) is 0 Å². The molecule has 0 aromatic carbocycles. The first-order chi connectivity index (χ1) is 10.5. The van der Waals surface area contributed by atoms with Gasteiger partial charge in [-0.3, -0.25) is 4.68 Å². The molecule has 3 rings (SSSR count). The number of nitrogens with one attached hydrogen (secondary N) is 2. The first-order valence-corrected chi connectivity index (χ1v) is 7.90. The Balaban J connectivity index is 1.65. The quantitative estimate of drug-likeness (QED) is 0.895. The number of aryl methyl sites for hydroxylation is 2. The number of carbonyl (C=O) groups is 1. The lowest BCUT2D eigenvalue weighted by Crippen LogP contribution is -2.39. The second-order valence-electron chi connectivity index (χ2n) is 6.36. The van der Waals surface area contributed by atoms with Crippen LogP contribution in [0.25, 0.3) is 11.0 Å². The zero-order valence-corrected chi connectivity index (χ0v) is 13.4. The van der Waals surface area contributed by atoms with Crippen LogP contribution in [0.15, 0.2) is 12.3 Å². The van der Waals surface area contributed by atoms with Gasteiger partial charge in [-0.2, -0.15) is 5.10 Å². The van der Waals surface area contributed by atoms with Crippen molar-refractivity contribution in [2.45, 2.75) is 45.6 Å². The minimum absolute atomic E-state index is 0.151. The Morgan fingerprint density at radius 3 is 2.77 bits per heavy atom. The van der Waals surface area contributed by atoms with Crippen LogP contribution in [0.4, 0.5) is 10.5 Å². The minimum Gasteiger partial charge on any atom is -0.335 e. The van der Waals surface area contributed by atoms with Crippen LogP contribution < -0.4 is 10.6 Å². The fraction of sp³-hybridized carbons (Fsp3) is 0.562. The predicted octanol–water partition coefficient (Wildman–Crippen LogP) is 2.98. The van der Waals surface area contributed by atoms with Gasteiger partial charge in [0, 0.05) is 18.5 Å². The fourth-order valence-electron chi connectivity index (χ4n) is 3.13. The molecule has 0 bridgehead atoms. The summed E-state index contributed by atoms with van der Waals surface area (Å²) >= 11 is 0. The van der Waals surface area contributed by atoms with Crippen LogP contribution in [0, 0.1) is 12.8 Å². The molecule has 0 unspecified atom stereocenters. The Labute approximate surface area is 130 Å². The number of fused-ring (bicyclic) bond motifs is 1. The minimum atomic E-state index is -0.151. The van der Waals surface area contributed by atoms with Crippen LogP contribution in [-0.2, 0) is 7.05 Å². The third-order valence-corrected chi connectivity index (χ3v) is 4.47. The standard InChI is InChI=1S/C16H23N5O/c1-10-4-6-12(7-5-10)18-16(22)19-13-8-14-11(2)20-21(3)15(14)17-9-13/h8-10,12H,4-7H2,1-3H3,(H2,18,19,22). The van der Waals surface area contributed by atoms with Crippen LogP contribution in [0.3, 0.4) is 0 Å². The maximum absolute atomic E-state index is 12.1. The molecular formula is C16H23N5O. The molecular weight excluding hydrogens is 278 g/mol. The van der Waals surface area contributed by atoms with Crippen molar-refractivity contribution >= 4 is 22.8 Å². The number of nitrogens with zero attached hydrogens (tertiary/aromatic N) is 3. The SMILES string of the molecule is Cc1nn(C)c2ncc(NC(=O)NC3CCC(C)CC3)cc12. The van der Waals surface area contributed by atoms with Gasteiger partial charge < -0.3 is 10.6 Å². The molecule has 0 aliphatic heterocycles. The molecule has 0 saturated heterocycles. The zero-order chi connectivity index (χ0) is 15.7. The second-order valence-corrected chi connectivity index (χ2v) is 6.36. The number of aromatic nitrogens is 3. The van der Waals surface area contributed by atoms with Gasteiger partial charge in [0.25, 0.3) is 0 Å². The van der Waals surface area contributed by atoms with E-state index >= 15 is 0 Å². The fourth-order valence-corrected chi connectivity index (χ4v) is 3.13. The Bertz CT molecular complexity index is 685. The van der Waals surface area contributed by atoms with Gasteiger partial charge in [-0.1, -0.05) is 6.92 Å². The molecule has 2 aromatic rings. The largest absolute Gasteiger partial charge is 0.335 e. The highest BCUT2D eigenvalue weighted by Crippen LogP contribution is 2.23. The number of carbonyl (C=O) groups excluding carboxylic acids is 1. The summed E-state index contributed by atoms with van der Waals surface area (Å²) < 4.78 is 1.75. The Hall–Kier alpha value is -2.11. The van der Waals surface area contributed by atoms with E-state index < -0.39 is 0 Å². The van der Waals surface area contributed by atoms with Gasteiger partial charge in [-0.05, 0) is 44.6 Å². The summed E-state index contributed by atoms with van der Waals surface area (Å²) in [7, 11) is 1.87. The highest BCUT2D eigenvalue weighted by Gasteiger charge is 2.19. The number of anilines is 1. The Morgan fingerprint density at radius 1 is 1.32 bits per heavy atom. The van der Waals surface area contributed by atoms with E-state index in [1.807, 2.05) is 20.0 Å². The van der Waals surface area contributed by atoms with E-state index in [1.165, 1.54) is 12.8 Å². The lowest BCUT2D eigenvalue weighted by atomic mass is 9.87. The summed E-state index contributed by atoms with van der Waals surface area (Å²) in [6, 6.07) is 2.06. The van der Waals surface area contributed by atoms with Crippen molar-refractivity contribution in [1.82, 2.24) is 20.1 Å². The zero-order valence-electron chi connectivity index (χ0n) is 13.4. The van der Waals surface area contributed by atoms with Gasteiger partial charge in [0.2, 0.25) is 0 Å². The molecule has 1 fully saturated rings. The van der Waals surface area contributed by atoms with Gasteiger partial charge in [0.15, 0.2) is 5.65 Å². The molecule has 2 heterocycles. The second kappa shape index (κ2) is 5.94. The molecule has 2 N–H and O–H groups in total. The van der Waals surface area contributed by atoms with Gasteiger partial charge in [0.1, 0.15) is 0 Å². The van der Waals surface area contributed by atoms with Crippen molar-refractivity contribution in [3.8, 4) is 0 Å². The first-order valence-electron chi connectivity index (χ1n) is 7.90. The first kappa shape index (κ1) is 14.8. The molecule has 1 aliphatic rings. The number of rotatable bonds is 2. The van der Waals surface area contributed by atoms with E-state index in [9.17, 15) is 4.79 Å². The van der Waals surface area contributed by atoms with Crippen LogP contribution >= 0.6 is 0 Å². The van der Waals surface area contributed by atoms with Crippen molar-refractivity contribution in [3.63, 3.8) is 0 Å². The van der Waals surface area contributed by atoms with Crippen molar-refractivity contribution in [3.05, 3.63) is 18.0 Å². The lowest BCUT2D eigenvalue weighted by Gasteiger charge is -2.26. The van der Waals surface area contributed by atoms with Gasteiger partial charge in [-0.25, -0.2) is 9.78 Å². The molecule has 1 aliphatic carbocycles. The van der Waals surface area contributed by atoms with E-state index in [1.54, 1.807) is 10.9 Å². The number of urea groups is 1. The summed E-state index contributed by atoms with van der Waals surface area (Å²) in [6.45, 7) is 4.21. The third-order valence-electron chi connectivity index (χ3n) is 4.47. The van der Waals surface area contributed by atoms with E-state index in [-0.39, 0.29) is 12.1 Å². The van der Waals surface area contributed by atoms with Crippen molar-refractivity contribution in [2.24, 2.45) is 13.0 Å². The molecule has 6 heteroatoms. The topological polar surface area (TPSA) is 71.8 Å². The van der Waals surface area contributed by atoms with Crippen molar-refractivity contribution < 1.29 is 4.79 Å². The Morgan fingerprint density at radius 2 is 2.05 bits per heavy atom. The summed E-state index contributed by atoms with van der Waals surface area (Å²) in [5.41, 5.74) is 2.44. The molecule has 0 spiro atoms. The normalized spacial score (nSPS) is 21.8. The molecule has 22 heavy (non-hydrogen) atoms.